The summed E-state index contributed by atoms with van der Waals surface area (Å²) in [5, 5.41) is 19.2. The van der Waals surface area contributed by atoms with Crippen molar-refractivity contribution in [2.24, 2.45) is 5.92 Å². The van der Waals surface area contributed by atoms with Gasteiger partial charge in [-0.05, 0) is 19.8 Å². The van der Waals surface area contributed by atoms with Crippen LogP contribution in [-0.4, -0.2) is 22.4 Å². The highest BCUT2D eigenvalue weighted by Crippen LogP contribution is 2.20. The molecule has 0 rings (SSSR count). The van der Waals surface area contributed by atoms with Crippen molar-refractivity contribution in [3.8, 4) is 0 Å². The first-order valence-corrected chi connectivity index (χ1v) is 5.49. The van der Waals surface area contributed by atoms with Crippen LogP contribution in [0.25, 0.3) is 0 Å². The minimum Gasteiger partial charge on any atom is -0.393 e. The lowest BCUT2D eigenvalue weighted by molar-refractivity contribution is 0.0115. The summed E-state index contributed by atoms with van der Waals surface area (Å²) in [6.45, 7) is 5.97. The van der Waals surface area contributed by atoms with Gasteiger partial charge < -0.3 is 10.2 Å². The lowest BCUT2D eigenvalue weighted by atomic mass is 9.89. The maximum Gasteiger partial charge on any atom is 0.0592 e. The Kier molecular flexibility index (Phi) is 7.29. The number of hydrogen-bond donors (Lipinski definition) is 2. The minimum absolute atomic E-state index is 0.0662. The molecule has 0 radical (unpaired) electrons. The van der Waals surface area contributed by atoms with Crippen LogP contribution in [0.4, 0.5) is 0 Å². The van der Waals surface area contributed by atoms with E-state index in [0.29, 0.717) is 0 Å². The zero-order valence-electron chi connectivity index (χ0n) is 9.16. The number of aliphatic hydroxyl groups excluding tert-OH is 2. The molecule has 0 amide bonds. The van der Waals surface area contributed by atoms with E-state index in [-0.39, 0.29) is 18.1 Å². The molecule has 0 aromatic rings. The summed E-state index contributed by atoms with van der Waals surface area (Å²) in [5.74, 6) is 0.0662. The molecule has 13 heavy (non-hydrogen) atoms. The first kappa shape index (κ1) is 12.9. The molecule has 0 aliphatic carbocycles. The highest BCUT2D eigenvalue weighted by molar-refractivity contribution is 4.73. The van der Waals surface area contributed by atoms with Gasteiger partial charge in [0.1, 0.15) is 0 Å². The molecular weight excluding hydrogens is 164 g/mol. The van der Waals surface area contributed by atoms with Crippen molar-refractivity contribution in [2.45, 2.75) is 65.1 Å². The van der Waals surface area contributed by atoms with Crippen LogP contribution in [0.15, 0.2) is 0 Å². The van der Waals surface area contributed by atoms with Crippen LogP contribution in [0.1, 0.15) is 52.9 Å². The van der Waals surface area contributed by atoms with Crippen molar-refractivity contribution in [1.82, 2.24) is 0 Å². The number of hydrogen-bond acceptors (Lipinski definition) is 2. The molecule has 0 saturated heterocycles. The first-order chi connectivity index (χ1) is 6.13. The molecule has 80 valence electrons. The summed E-state index contributed by atoms with van der Waals surface area (Å²) < 4.78 is 0. The number of aliphatic hydroxyl groups is 2. The quantitative estimate of drug-likeness (QED) is 0.644. The van der Waals surface area contributed by atoms with Gasteiger partial charge in [-0.2, -0.15) is 0 Å². The molecule has 2 heteroatoms. The molecule has 0 spiro atoms. The van der Waals surface area contributed by atoms with Crippen molar-refractivity contribution in [2.75, 3.05) is 0 Å². The predicted octanol–water partition coefficient (Wildman–Crippen LogP) is 2.33. The van der Waals surface area contributed by atoms with E-state index in [1.807, 2.05) is 0 Å². The molecule has 2 nitrogen and oxygen atoms in total. The fraction of sp³-hybridized carbons (Fsp3) is 1.00. The van der Waals surface area contributed by atoms with Gasteiger partial charge in [0, 0.05) is 5.92 Å². The predicted molar refractivity (Wildman–Crippen MR) is 55.6 cm³/mol. The van der Waals surface area contributed by atoms with Crippen molar-refractivity contribution in [1.29, 1.82) is 0 Å². The Bertz CT molecular complexity index is 113. The molecule has 0 aliphatic heterocycles. The average molecular weight is 188 g/mol. The zero-order valence-corrected chi connectivity index (χ0v) is 9.16. The van der Waals surface area contributed by atoms with E-state index in [4.69, 9.17) is 0 Å². The fourth-order valence-corrected chi connectivity index (χ4v) is 1.72. The maximum absolute atomic E-state index is 9.78. The fourth-order valence-electron chi connectivity index (χ4n) is 1.72. The molecule has 0 heterocycles. The monoisotopic (exact) mass is 188 g/mol. The van der Waals surface area contributed by atoms with Crippen LogP contribution >= 0.6 is 0 Å². The highest BCUT2D eigenvalue weighted by Gasteiger charge is 2.22. The Morgan fingerprint density at radius 1 is 1.00 bits per heavy atom. The molecule has 0 aliphatic rings. The summed E-state index contributed by atoms with van der Waals surface area (Å²) in [6, 6.07) is 0. The molecule has 3 unspecified atom stereocenters. The van der Waals surface area contributed by atoms with Crippen molar-refractivity contribution >= 4 is 0 Å². The molecule has 0 saturated carbocycles. The molecule has 3 atom stereocenters. The normalized spacial score (nSPS) is 18.2. The first-order valence-electron chi connectivity index (χ1n) is 5.49. The third-order valence-corrected chi connectivity index (χ3v) is 2.59. The van der Waals surface area contributed by atoms with E-state index in [9.17, 15) is 10.2 Å². The second kappa shape index (κ2) is 7.34. The third kappa shape index (κ3) is 5.27. The highest BCUT2D eigenvalue weighted by atomic mass is 16.3. The Morgan fingerprint density at radius 2 is 1.62 bits per heavy atom. The van der Waals surface area contributed by atoms with Gasteiger partial charge in [0.05, 0.1) is 12.2 Å². The van der Waals surface area contributed by atoms with Crippen LogP contribution in [0.2, 0.25) is 0 Å². The largest absolute Gasteiger partial charge is 0.393 e. The van der Waals surface area contributed by atoms with E-state index in [2.05, 4.69) is 13.8 Å². The zero-order chi connectivity index (χ0) is 10.3. The topological polar surface area (TPSA) is 40.5 Å². The van der Waals surface area contributed by atoms with E-state index in [1.165, 1.54) is 0 Å². The van der Waals surface area contributed by atoms with E-state index < -0.39 is 0 Å². The summed E-state index contributed by atoms with van der Waals surface area (Å²) in [7, 11) is 0. The lowest BCUT2D eigenvalue weighted by Crippen LogP contribution is -2.29. The molecule has 0 bridgehead atoms. The van der Waals surface area contributed by atoms with E-state index in [0.717, 1.165) is 32.1 Å². The summed E-state index contributed by atoms with van der Waals surface area (Å²) in [4.78, 5) is 0. The lowest BCUT2D eigenvalue weighted by Gasteiger charge is -2.24. The van der Waals surface area contributed by atoms with Gasteiger partial charge in [0.2, 0.25) is 0 Å². The number of unbranched alkanes of at least 4 members (excludes halogenated alkanes) is 1. The summed E-state index contributed by atoms with van der Waals surface area (Å²) in [6.07, 6.45) is 4.23. The summed E-state index contributed by atoms with van der Waals surface area (Å²) in [5.41, 5.74) is 0. The van der Waals surface area contributed by atoms with Gasteiger partial charge in [-0.1, -0.05) is 33.1 Å². The van der Waals surface area contributed by atoms with Gasteiger partial charge in [-0.15, -0.1) is 0 Å². The molecule has 0 fully saturated rings. The van der Waals surface area contributed by atoms with Gasteiger partial charge >= 0.3 is 0 Å². The third-order valence-electron chi connectivity index (χ3n) is 2.59. The van der Waals surface area contributed by atoms with Crippen LogP contribution in [0, 0.1) is 5.92 Å². The summed E-state index contributed by atoms with van der Waals surface area (Å²) >= 11 is 0. The van der Waals surface area contributed by atoms with E-state index in [1.54, 1.807) is 6.92 Å². The molecule has 0 aromatic carbocycles. The SMILES string of the molecule is CCCCC(O)C(CCC)C(C)O. The smallest absolute Gasteiger partial charge is 0.0592 e. The van der Waals surface area contributed by atoms with Crippen LogP contribution in [0.3, 0.4) is 0 Å². The minimum atomic E-state index is -0.383. The maximum atomic E-state index is 9.78. The van der Waals surface area contributed by atoms with Gasteiger partial charge in [-0.25, -0.2) is 0 Å². The molecular formula is C11H24O2. The Labute approximate surface area is 82.0 Å². The standard InChI is InChI=1S/C11H24O2/c1-4-6-8-11(13)10(7-5-2)9(3)12/h9-13H,4-8H2,1-3H3. The van der Waals surface area contributed by atoms with Crippen LogP contribution in [0.5, 0.6) is 0 Å². The van der Waals surface area contributed by atoms with Crippen molar-refractivity contribution in [3.05, 3.63) is 0 Å². The second-order valence-corrected chi connectivity index (χ2v) is 3.90. The Balaban J connectivity index is 3.87. The van der Waals surface area contributed by atoms with E-state index >= 15 is 0 Å². The van der Waals surface area contributed by atoms with Crippen molar-refractivity contribution in [3.63, 3.8) is 0 Å². The van der Waals surface area contributed by atoms with Gasteiger partial charge in [0.25, 0.3) is 0 Å². The van der Waals surface area contributed by atoms with Gasteiger partial charge in [-0.3, -0.25) is 0 Å². The van der Waals surface area contributed by atoms with Crippen LogP contribution < -0.4 is 0 Å². The van der Waals surface area contributed by atoms with Crippen LogP contribution in [-0.2, 0) is 0 Å². The average Bonchev–Trinajstić information content (AvgIpc) is 2.09. The van der Waals surface area contributed by atoms with Crippen molar-refractivity contribution < 1.29 is 10.2 Å². The second-order valence-electron chi connectivity index (χ2n) is 3.90. The molecule has 0 aromatic heterocycles. The number of rotatable bonds is 7. The Morgan fingerprint density at radius 3 is 2.00 bits per heavy atom. The Hall–Kier alpha value is -0.0800. The molecule has 2 N–H and O–H groups in total. The van der Waals surface area contributed by atoms with Gasteiger partial charge in [0.15, 0.2) is 0 Å².